The second-order valence-electron chi connectivity index (χ2n) is 8.61. The third-order valence-corrected chi connectivity index (χ3v) is 7.26. The van der Waals surface area contributed by atoms with Gasteiger partial charge in [0.1, 0.15) is 5.75 Å². The summed E-state index contributed by atoms with van der Waals surface area (Å²) in [6.45, 7) is 5.83. The number of nitrogens with zero attached hydrogens (tertiary/aromatic N) is 2. The Balaban J connectivity index is 1.35. The first-order valence-corrected chi connectivity index (χ1v) is 12.7. The van der Waals surface area contributed by atoms with Crippen LogP contribution in [-0.2, 0) is 16.1 Å². The molecule has 0 saturated carbocycles. The third kappa shape index (κ3) is 6.41. The molecule has 2 aromatic carbocycles. The van der Waals surface area contributed by atoms with Gasteiger partial charge in [0.05, 0.1) is 13.2 Å². The maximum absolute atomic E-state index is 12.7. The first kappa shape index (κ1) is 24.8. The molecule has 0 unspecified atom stereocenters. The number of methoxy groups -OCH3 is 1. The van der Waals surface area contributed by atoms with Crippen LogP contribution in [0.4, 0.5) is 5.69 Å². The molecule has 2 N–H and O–H groups in total. The molecule has 4 rings (SSSR count). The fraction of sp³-hybridized carbons (Fsp3) is 0.333. The van der Waals surface area contributed by atoms with Crippen molar-refractivity contribution in [2.45, 2.75) is 25.6 Å². The lowest BCUT2D eigenvalue weighted by Crippen LogP contribution is -2.53. The molecule has 1 aliphatic heterocycles. The maximum atomic E-state index is 12.7. The predicted molar refractivity (Wildman–Crippen MR) is 140 cm³/mol. The Morgan fingerprint density at radius 3 is 2.29 bits per heavy atom. The summed E-state index contributed by atoms with van der Waals surface area (Å²) in [6, 6.07) is 21.7. The smallest absolute Gasteiger partial charge is 0.309 e. The number of rotatable bonds is 8. The molecule has 1 fully saturated rings. The lowest BCUT2D eigenvalue weighted by atomic mass is 10.0. The van der Waals surface area contributed by atoms with Gasteiger partial charge in [-0.2, -0.15) is 0 Å². The number of carbonyl (C=O) groups excluding carboxylic acids is 2. The van der Waals surface area contributed by atoms with Gasteiger partial charge >= 0.3 is 11.8 Å². The number of thiophene rings is 1. The summed E-state index contributed by atoms with van der Waals surface area (Å²) in [6.07, 6.45) is 0. The van der Waals surface area contributed by atoms with Crippen molar-refractivity contribution in [1.82, 2.24) is 15.5 Å². The van der Waals surface area contributed by atoms with Crippen molar-refractivity contribution in [1.29, 1.82) is 0 Å². The number of hydrogen-bond donors (Lipinski definition) is 2. The van der Waals surface area contributed by atoms with E-state index < -0.39 is 11.8 Å². The molecule has 0 radical (unpaired) electrons. The topological polar surface area (TPSA) is 73.9 Å². The van der Waals surface area contributed by atoms with Gasteiger partial charge < -0.3 is 20.3 Å². The SMILES string of the molecule is COc1ccc(CNC(=O)C(=O)N[C@H](C)[C@H](c2cccs2)N2CCN(c3ccccc3)CC2)cc1. The summed E-state index contributed by atoms with van der Waals surface area (Å²) in [7, 11) is 1.61. The minimum absolute atomic E-state index is 0.00580. The summed E-state index contributed by atoms with van der Waals surface area (Å²) < 4.78 is 5.15. The Kier molecular flexibility index (Phi) is 8.39. The number of nitrogens with one attached hydrogen (secondary N) is 2. The molecule has 1 aromatic heterocycles. The molecule has 1 saturated heterocycles. The van der Waals surface area contributed by atoms with Crippen molar-refractivity contribution < 1.29 is 14.3 Å². The number of carbonyl (C=O) groups is 2. The second-order valence-corrected chi connectivity index (χ2v) is 9.59. The molecular formula is C27H32N4O3S. The number of ether oxygens (including phenoxy) is 1. The normalized spacial score (nSPS) is 15.8. The van der Waals surface area contributed by atoms with Crippen molar-refractivity contribution in [3.8, 4) is 5.75 Å². The summed E-state index contributed by atoms with van der Waals surface area (Å²) in [4.78, 5) is 31.2. The molecule has 1 aliphatic rings. The molecule has 3 aromatic rings. The van der Waals surface area contributed by atoms with Gasteiger partial charge in [-0.05, 0) is 48.2 Å². The van der Waals surface area contributed by atoms with E-state index in [-0.39, 0.29) is 18.6 Å². The van der Waals surface area contributed by atoms with E-state index in [0.29, 0.717) is 0 Å². The molecule has 0 aliphatic carbocycles. The van der Waals surface area contributed by atoms with Crippen molar-refractivity contribution >= 4 is 28.8 Å². The molecule has 2 heterocycles. The second kappa shape index (κ2) is 11.9. The Morgan fingerprint density at radius 2 is 1.66 bits per heavy atom. The van der Waals surface area contributed by atoms with Gasteiger partial charge in [0.2, 0.25) is 0 Å². The molecule has 0 bridgehead atoms. The van der Waals surface area contributed by atoms with Crippen LogP contribution in [0.15, 0.2) is 72.1 Å². The van der Waals surface area contributed by atoms with Crippen molar-refractivity contribution in [2.24, 2.45) is 0 Å². The first-order valence-electron chi connectivity index (χ1n) is 11.8. The standard InChI is InChI=1S/C27H32N4O3S/c1-20(29-27(33)26(32)28-19-21-10-12-23(34-2)13-11-21)25(24-9-6-18-35-24)31-16-14-30(15-17-31)22-7-4-3-5-8-22/h3-13,18,20,25H,14-17,19H2,1-2H3,(H,28,32)(H,29,33)/t20-,25-/m1/s1. The van der Waals surface area contributed by atoms with Gasteiger partial charge in [-0.3, -0.25) is 14.5 Å². The number of piperazine rings is 1. The lowest BCUT2D eigenvalue weighted by molar-refractivity contribution is -0.140. The summed E-state index contributed by atoms with van der Waals surface area (Å²) in [5.41, 5.74) is 2.13. The zero-order chi connectivity index (χ0) is 24.6. The fourth-order valence-electron chi connectivity index (χ4n) is 4.46. The third-order valence-electron chi connectivity index (χ3n) is 6.31. The van der Waals surface area contributed by atoms with Crippen LogP contribution < -0.4 is 20.3 Å². The van der Waals surface area contributed by atoms with Gasteiger partial charge in [0.25, 0.3) is 0 Å². The largest absolute Gasteiger partial charge is 0.497 e. The zero-order valence-corrected chi connectivity index (χ0v) is 21.0. The number of para-hydroxylation sites is 1. The van der Waals surface area contributed by atoms with Gasteiger partial charge in [0.15, 0.2) is 0 Å². The molecule has 2 atom stereocenters. The van der Waals surface area contributed by atoms with E-state index in [4.69, 9.17) is 4.74 Å². The van der Waals surface area contributed by atoms with Gasteiger partial charge in [-0.15, -0.1) is 11.3 Å². The summed E-state index contributed by atoms with van der Waals surface area (Å²) in [5.74, 6) is -0.502. The molecule has 8 heteroatoms. The van der Waals surface area contributed by atoms with Crippen molar-refractivity contribution in [2.75, 3.05) is 38.2 Å². The molecule has 0 spiro atoms. The highest BCUT2D eigenvalue weighted by Crippen LogP contribution is 2.30. The van der Waals surface area contributed by atoms with E-state index in [1.54, 1.807) is 18.4 Å². The number of benzene rings is 2. The van der Waals surface area contributed by atoms with E-state index in [9.17, 15) is 9.59 Å². The van der Waals surface area contributed by atoms with E-state index >= 15 is 0 Å². The Hall–Kier alpha value is -3.36. The zero-order valence-electron chi connectivity index (χ0n) is 20.1. The highest BCUT2D eigenvalue weighted by atomic mass is 32.1. The fourth-order valence-corrected chi connectivity index (χ4v) is 5.42. The predicted octanol–water partition coefficient (Wildman–Crippen LogP) is 3.44. The Morgan fingerprint density at radius 1 is 0.943 bits per heavy atom. The van der Waals surface area contributed by atoms with E-state index in [0.717, 1.165) is 37.5 Å². The Bertz CT molecular complexity index is 1080. The highest BCUT2D eigenvalue weighted by molar-refractivity contribution is 7.10. The van der Waals surface area contributed by atoms with Gasteiger partial charge in [-0.25, -0.2) is 0 Å². The van der Waals surface area contributed by atoms with Crippen molar-refractivity contribution in [3.63, 3.8) is 0 Å². The van der Waals surface area contributed by atoms with Crippen LogP contribution in [0.25, 0.3) is 0 Å². The van der Waals surface area contributed by atoms with Crippen LogP contribution in [0, 0.1) is 0 Å². The average Bonchev–Trinajstić information content (AvgIpc) is 3.43. The van der Waals surface area contributed by atoms with Crippen LogP contribution >= 0.6 is 11.3 Å². The molecule has 35 heavy (non-hydrogen) atoms. The Labute approximate surface area is 210 Å². The van der Waals surface area contributed by atoms with Crippen LogP contribution in [0.5, 0.6) is 5.75 Å². The number of amides is 2. The molecule has 184 valence electrons. The maximum Gasteiger partial charge on any atom is 0.309 e. The molecule has 7 nitrogen and oxygen atoms in total. The monoisotopic (exact) mass is 492 g/mol. The highest BCUT2D eigenvalue weighted by Gasteiger charge is 2.31. The molecule has 2 amide bonds. The lowest BCUT2D eigenvalue weighted by Gasteiger charge is -2.42. The van der Waals surface area contributed by atoms with Gasteiger partial charge in [-0.1, -0.05) is 36.4 Å². The average molecular weight is 493 g/mol. The van der Waals surface area contributed by atoms with E-state index in [1.165, 1.54) is 10.6 Å². The quantitative estimate of drug-likeness (QED) is 0.472. The van der Waals surface area contributed by atoms with Crippen LogP contribution in [0.1, 0.15) is 23.4 Å². The number of anilines is 1. The molecular weight excluding hydrogens is 460 g/mol. The van der Waals surface area contributed by atoms with Crippen molar-refractivity contribution in [3.05, 3.63) is 82.6 Å². The van der Waals surface area contributed by atoms with Crippen LogP contribution in [-0.4, -0.2) is 56.0 Å². The summed E-state index contributed by atoms with van der Waals surface area (Å²) in [5, 5.41) is 7.71. The van der Waals surface area contributed by atoms with Crippen LogP contribution in [0.2, 0.25) is 0 Å². The minimum Gasteiger partial charge on any atom is -0.497 e. The van der Waals surface area contributed by atoms with E-state index in [1.807, 2.05) is 43.3 Å². The van der Waals surface area contributed by atoms with E-state index in [2.05, 4.69) is 56.1 Å². The minimum atomic E-state index is -0.633. The van der Waals surface area contributed by atoms with Gasteiger partial charge in [0, 0.05) is 49.3 Å². The number of hydrogen-bond acceptors (Lipinski definition) is 6. The summed E-state index contributed by atoms with van der Waals surface area (Å²) >= 11 is 1.68. The van der Waals surface area contributed by atoms with Crippen LogP contribution in [0.3, 0.4) is 0 Å². The first-order chi connectivity index (χ1) is 17.0.